The van der Waals surface area contributed by atoms with Gasteiger partial charge in [-0.15, -0.1) is 0 Å². The Morgan fingerprint density at radius 1 is 1.12 bits per heavy atom. The van der Waals surface area contributed by atoms with Crippen molar-refractivity contribution < 1.29 is 22.7 Å². The van der Waals surface area contributed by atoms with Crippen LogP contribution in [0.5, 0.6) is 0 Å². The van der Waals surface area contributed by atoms with Crippen molar-refractivity contribution in [2.45, 2.75) is 45.1 Å². The maximum absolute atomic E-state index is 13.1. The maximum atomic E-state index is 13.1. The normalized spacial score (nSPS) is 19.8. The third kappa shape index (κ3) is 5.30. The van der Waals surface area contributed by atoms with Crippen molar-refractivity contribution in [2.75, 3.05) is 25.1 Å². The number of carbonyl (C=O) groups excluding carboxylic acids is 1. The van der Waals surface area contributed by atoms with Gasteiger partial charge >= 0.3 is 12.1 Å². The lowest BCUT2D eigenvalue weighted by Crippen LogP contribution is -2.56. The highest BCUT2D eigenvalue weighted by Crippen LogP contribution is 2.37. The molecule has 176 valence electrons. The number of rotatable bonds is 5. The Morgan fingerprint density at radius 2 is 1.82 bits per heavy atom. The standard InChI is InChI=1S/C24H26F3N3O2S/c1-15-12-29(14-18-6-4-5-17(9-18)10-22(31)32-3)13-16(2)30(15)23-28-20-8-7-19(24(25,26)27)11-21(20)33-23/h4-9,11,15-16H,10,12-14H2,1-3H3/t15-,16+. The van der Waals surface area contributed by atoms with Crippen molar-refractivity contribution >= 4 is 32.7 Å². The van der Waals surface area contributed by atoms with E-state index in [0.29, 0.717) is 10.2 Å². The third-order valence-electron chi connectivity index (χ3n) is 5.89. The molecule has 0 amide bonds. The fourth-order valence-electron chi connectivity index (χ4n) is 4.47. The minimum atomic E-state index is -4.36. The van der Waals surface area contributed by atoms with Crippen LogP contribution in [0.15, 0.2) is 42.5 Å². The number of halogens is 3. The summed E-state index contributed by atoms with van der Waals surface area (Å²) in [6, 6.07) is 12.0. The first-order chi connectivity index (χ1) is 15.6. The van der Waals surface area contributed by atoms with E-state index in [1.54, 1.807) is 0 Å². The van der Waals surface area contributed by atoms with Gasteiger partial charge in [-0.1, -0.05) is 35.6 Å². The van der Waals surface area contributed by atoms with E-state index in [1.165, 1.54) is 30.6 Å². The highest BCUT2D eigenvalue weighted by Gasteiger charge is 2.33. The highest BCUT2D eigenvalue weighted by atomic mass is 32.1. The predicted molar refractivity (Wildman–Crippen MR) is 123 cm³/mol. The first-order valence-corrected chi connectivity index (χ1v) is 11.6. The zero-order chi connectivity index (χ0) is 23.8. The molecule has 0 aliphatic carbocycles. The van der Waals surface area contributed by atoms with Gasteiger partial charge in [-0.25, -0.2) is 4.98 Å². The van der Waals surface area contributed by atoms with Gasteiger partial charge in [-0.05, 0) is 43.2 Å². The minimum absolute atomic E-state index is 0.148. The Labute approximate surface area is 194 Å². The summed E-state index contributed by atoms with van der Waals surface area (Å²) in [7, 11) is 1.38. The number of hydrogen-bond donors (Lipinski definition) is 0. The van der Waals surface area contributed by atoms with Crippen molar-refractivity contribution in [3.05, 3.63) is 59.2 Å². The smallest absolute Gasteiger partial charge is 0.416 e. The van der Waals surface area contributed by atoms with Gasteiger partial charge in [-0.2, -0.15) is 13.2 Å². The molecule has 5 nitrogen and oxygen atoms in total. The van der Waals surface area contributed by atoms with Crippen LogP contribution < -0.4 is 4.90 Å². The van der Waals surface area contributed by atoms with Crippen LogP contribution in [0.1, 0.15) is 30.5 Å². The molecular weight excluding hydrogens is 451 g/mol. The average molecular weight is 478 g/mol. The number of anilines is 1. The lowest BCUT2D eigenvalue weighted by Gasteiger charge is -2.44. The highest BCUT2D eigenvalue weighted by molar-refractivity contribution is 7.22. The molecule has 0 radical (unpaired) electrons. The van der Waals surface area contributed by atoms with E-state index >= 15 is 0 Å². The molecule has 2 atom stereocenters. The van der Waals surface area contributed by atoms with Crippen LogP contribution in [-0.2, 0) is 28.7 Å². The number of piperazine rings is 1. The van der Waals surface area contributed by atoms with Crippen molar-refractivity contribution in [2.24, 2.45) is 0 Å². The van der Waals surface area contributed by atoms with Crippen LogP contribution in [0, 0.1) is 0 Å². The molecule has 4 rings (SSSR count). The lowest BCUT2D eigenvalue weighted by molar-refractivity contribution is -0.140. The Balaban J connectivity index is 1.47. The molecule has 1 aliphatic rings. The molecular formula is C24H26F3N3O2S. The molecule has 33 heavy (non-hydrogen) atoms. The van der Waals surface area contributed by atoms with E-state index in [1.807, 2.05) is 24.3 Å². The SMILES string of the molecule is COC(=O)Cc1cccc(CN2C[C@@H](C)N(c3nc4ccc(C(F)(F)F)cc4s3)[C@@H](C)C2)c1. The second-order valence-corrected chi connectivity index (χ2v) is 9.56. The number of aromatic nitrogens is 1. The van der Waals surface area contributed by atoms with Crippen LogP contribution in [0.3, 0.4) is 0 Å². The molecule has 9 heteroatoms. The van der Waals surface area contributed by atoms with Crippen LogP contribution >= 0.6 is 11.3 Å². The Hall–Kier alpha value is -2.65. The second kappa shape index (κ2) is 9.30. The number of carbonyl (C=O) groups is 1. The Kier molecular flexibility index (Phi) is 6.63. The first-order valence-electron chi connectivity index (χ1n) is 10.8. The van der Waals surface area contributed by atoms with Gasteiger partial charge in [0.1, 0.15) is 0 Å². The number of esters is 1. The summed E-state index contributed by atoms with van der Waals surface area (Å²) >= 11 is 1.31. The molecule has 1 fully saturated rings. The van der Waals surface area contributed by atoms with Crippen molar-refractivity contribution in [1.82, 2.24) is 9.88 Å². The molecule has 2 aromatic carbocycles. The van der Waals surface area contributed by atoms with Gasteiger partial charge in [0, 0.05) is 31.7 Å². The lowest BCUT2D eigenvalue weighted by atomic mass is 10.1. The molecule has 0 bridgehead atoms. The van der Waals surface area contributed by atoms with E-state index in [4.69, 9.17) is 4.74 Å². The van der Waals surface area contributed by atoms with Crippen LogP contribution in [0.4, 0.5) is 18.3 Å². The fraction of sp³-hybridized carbons (Fsp3) is 0.417. The number of fused-ring (bicyclic) bond motifs is 1. The summed E-state index contributed by atoms with van der Waals surface area (Å²) in [4.78, 5) is 20.8. The van der Waals surface area contributed by atoms with Gasteiger partial charge in [0.2, 0.25) is 0 Å². The largest absolute Gasteiger partial charge is 0.469 e. The number of thiazole rings is 1. The first kappa shape index (κ1) is 23.5. The van der Waals surface area contributed by atoms with Crippen molar-refractivity contribution in [1.29, 1.82) is 0 Å². The Bertz CT molecular complexity index is 1140. The number of nitrogens with zero attached hydrogens (tertiary/aromatic N) is 3. The number of ether oxygens (including phenoxy) is 1. The second-order valence-electron chi connectivity index (χ2n) is 8.55. The topological polar surface area (TPSA) is 45.7 Å². The molecule has 0 N–H and O–H groups in total. The van der Waals surface area contributed by atoms with Crippen LogP contribution in [-0.4, -0.2) is 48.1 Å². The van der Waals surface area contributed by atoms with E-state index in [0.717, 1.165) is 42.0 Å². The Morgan fingerprint density at radius 3 is 2.48 bits per heavy atom. The number of methoxy groups -OCH3 is 1. The summed E-state index contributed by atoms with van der Waals surface area (Å²) in [6.45, 7) is 6.59. The molecule has 1 aliphatic heterocycles. The molecule has 3 aromatic rings. The van der Waals surface area contributed by atoms with E-state index in [-0.39, 0.29) is 24.5 Å². The average Bonchev–Trinajstić information content (AvgIpc) is 3.15. The zero-order valence-corrected chi connectivity index (χ0v) is 19.5. The number of hydrogen-bond acceptors (Lipinski definition) is 6. The van der Waals surface area contributed by atoms with E-state index in [2.05, 4.69) is 28.6 Å². The van der Waals surface area contributed by atoms with Crippen molar-refractivity contribution in [3.63, 3.8) is 0 Å². The van der Waals surface area contributed by atoms with Gasteiger partial charge in [0.25, 0.3) is 0 Å². The third-order valence-corrected chi connectivity index (χ3v) is 6.93. The number of benzene rings is 2. The molecule has 1 aromatic heterocycles. The van der Waals surface area contributed by atoms with Crippen molar-refractivity contribution in [3.8, 4) is 0 Å². The molecule has 0 saturated carbocycles. The summed E-state index contributed by atoms with van der Waals surface area (Å²) in [5.74, 6) is -0.263. The van der Waals surface area contributed by atoms with Gasteiger partial charge in [0.05, 0.1) is 29.3 Å². The van der Waals surface area contributed by atoms with E-state index in [9.17, 15) is 18.0 Å². The quantitative estimate of drug-likeness (QED) is 0.477. The summed E-state index contributed by atoms with van der Waals surface area (Å²) in [5.41, 5.74) is 1.99. The van der Waals surface area contributed by atoms with Crippen LogP contribution in [0.2, 0.25) is 0 Å². The summed E-state index contributed by atoms with van der Waals surface area (Å²) in [5, 5.41) is 0.754. The predicted octanol–water partition coefficient (Wildman–Crippen LogP) is 5.13. The van der Waals surface area contributed by atoms with Gasteiger partial charge in [-0.3, -0.25) is 9.69 Å². The number of alkyl halides is 3. The monoisotopic (exact) mass is 477 g/mol. The minimum Gasteiger partial charge on any atom is -0.469 e. The van der Waals surface area contributed by atoms with Gasteiger partial charge in [0.15, 0.2) is 5.13 Å². The molecule has 0 unspecified atom stereocenters. The zero-order valence-electron chi connectivity index (χ0n) is 18.7. The van der Waals surface area contributed by atoms with E-state index < -0.39 is 11.7 Å². The fourth-order valence-corrected chi connectivity index (χ4v) is 5.68. The molecule has 0 spiro atoms. The maximum Gasteiger partial charge on any atom is 0.416 e. The summed E-state index contributed by atoms with van der Waals surface area (Å²) < 4.78 is 44.5. The summed E-state index contributed by atoms with van der Waals surface area (Å²) in [6.07, 6.45) is -4.11. The van der Waals surface area contributed by atoms with Crippen LogP contribution in [0.25, 0.3) is 10.2 Å². The van der Waals surface area contributed by atoms with Gasteiger partial charge < -0.3 is 9.64 Å². The molecule has 2 heterocycles. The molecule has 1 saturated heterocycles.